The van der Waals surface area contributed by atoms with Gasteiger partial charge in [0.05, 0.1) is 121 Å². The molecule has 0 saturated heterocycles. The molecule has 3 aromatic carbocycles. The molecule has 3 amide bonds. The summed E-state index contributed by atoms with van der Waals surface area (Å²) in [4.78, 5) is 134. The van der Waals surface area contributed by atoms with Crippen LogP contribution in [-0.2, 0) is 118 Å². The molecule has 12 aliphatic rings. The molecule has 0 bridgehead atoms. The molecule has 21 rings (SSSR count). The average Bonchev–Trinajstić information content (AvgIpc) is 1.48. The van der Waals surface area contributed by atoms with Crippen LogP contribution in [0, 0.1) is 38.2 Å². The van der Waals surface area contributed by atoms with Crippen LogP contribution < -0.4 is 32.6 Å². The predicted octanol–water partition coefficient (Wildman–Crippen LogP) is 17.5. The molecule has 3 saturated carbocycles. The molecule has 12 atom stereocenters. The van der Waals surface area contributed by atoms with Crippen molar-refractivity contribution in [3.8, 4) is 34.2 Å². The molecule has 6 aliphatic heterocycles. The molecule has 12 heterocycles. The minimum atomic E-state index is -1.95. The normalized spacial score (nSPS) is 25.2. The molecule has 6 N–H and O–H groups in total. The standard InChI is InChI=1S/2C33H36FN3O6S2.C32H34FN3O6S2/c2*1-4-33(41)20-12-24-29-18(14-37(24)30(38)19(20)15-42-31(33)39)28-22(11-10-17-16(2)21(34)13-23(35-29)27(17)28)36-32(40)43-25-8-6-5-7-9-26(25)45-44-3;1-4-32(40)19-11-23-28-17(13-36(23)29(37)18(19)14-41-30(32)38)27-21(10-9-16-15(2)20(33)12-22(34-28)26(16)27)35-31(39)42-24-7-5-6-8-25(24)44-43-3/h2*12-13,22,25-26,41H,4-11,14-15H2,1-3H3,(H,36,40);11-12,21,24-25,40H,4-10,13-14H2,1-3H3,(H,35,39)/t22-,25+,26+,33-;22-,25-,26-,33-;21-,24-,25-,32-/m000/s1. The third-order valence-electron chi connectivity index (χ3n) is 29.9. The number of halogens is 3. The second-order valence-corrected chi connectivity index (χ2v) is 45.1. The lowest BCUT2D eigenvalue weighted by Crippen LogP contribution is -2.44. The lowest BCUT2D eigenvalue weighted by molar-refractivity contribution is -0.172. The SMILES string of the molecule is CC[C@@]1(O)C(=O)OCc2c1cc1n(c2=O)Cc2c-1nc1cc(F)c(C)c3c1c2[C@@H](NC(=O)O[C@@H]1CCCCC[C@H]1SSC)CC3.CC[C@@]1(O)C(=O)OCc2c1cc1n(c2=O)Cc2c-1nc1cc(F)c(C)c3c1c2[C@@H](NC(=O)O[C@H]1CCCCC[C@@H]1SSC)CC3.CC[C@@]1(O)C(=O)OCc2c1cc1n(c2=O)Cc2c-1nc1cc(F)c(C)c3c1c2[C@@H](NC(=O)O[C@H]1CCCC[C@@H]1SSC)CC3. The predicted molar refractivity (Wildman–Crippen MR) is 510 cm³/mol. The second kappa shape index (κ2) is 37.2. The number of alkyl carbamates (subject to hydrolysis) is 3. The fourth-order valence-electron chi connectivity index (χ4n) is 22.7. The Labute approximate surface area is 794 Å². The molecule has 27 nitrogen and oxygen atoms in total. The van der Waals surface area contributed by atoms with Crippen LogP contribution in [-0.4, -0.2) is 133 Å². The van der Waals surface area contributed by atoms with Crippen molar-refractivity contribution in [2.24, 2.45) is 0 Å². The van der Waals surface area contributed by atoms with Crippen LogP contribution in [0.2, 0.25) is 0 Å². The van der Waals surface area contributed by atoms with Gasteiger partial charge in [-0.3, -0.25) is 14.4 Å². The van der Waals surface area contributed by atoms with Gasteiger partial charge in [-0.1, -0.05) is 118 Å². The molecule has 6 aliphatic carbocycles. The summed E-state index contributed by atoms with van der Waals surface area (Å²) < 4.78 is 84.1. The summed E-state index contributed by atoms with van der Waals surface area (Å²) in [6.45, 7) is 10.1. The zero-order chi connectivity index (χ0) is 94.2. The topological polar surface area (TPSA) is 359 Å². The molecule has 708 valence electrons. The molecule has 0 spiro atoms. The first-order valence-corrected chi connectivity index (χ1v) is 54.3. The smallest absolute Gasteiger partial charge is 0.407 e. The van der Waals surface area contributed by atoms with Gasteiger partial charge in [-0.25, -0.2) is 56.9 Å². The van der Waals surface area contributed by atoms with E-state index in [0.29, 0.717) is 106 Å². The summed E-state index contributed by atoms with van der Waals surface area (Å²) in [5.41, 5.74) is 7.35. The molecular weight excluding hydrogens is 1840 g/mol. The first-order chi connectivity index (χ1) is 64.5. The van der Waals surface area contributed by atoms with Crippen LogP contribution in [0.4, 0.5) is 27.6 Å². The Hall–Kier alpha value is -9.27. The molecule has 134 heavy (non-hydrogen) atoms. The van der Waals surface area contributed by atoms with Gasteiger partial charge in [0.1, 0.15) is 55.6 Å². The highest BCUT2D eigenvalue weighted by Gasteiger charge is 2.51. The number of cyclic esters (lactones) is 3. The Morgan fingerprint density at radius 3 is 0.948 bits per heavy atom. The third-order valence-corrected chi connectivity index (χ3v) is 36.8. The van der Waals surface area contributed by atoms with Gasteiger partial charge in [0.25, 0.3) is 16.7 Å². The van der Waals surface area contributed by atoms with Gasteiger partial charge in [0, 0.05) is 67.7 Å². The first kappa shape index (κ1) is 93.7. The number of carbonyl (C=O) groups excluding carboxylic acids is 6. The lowest BCUT2D eigenvalue weighted by Gasteiger charge is -2.32. The highest BCUT2D eigenvalue weighted by molar-refractivity contribution is 8.77. The summed E-state index contributed by atoms with van der Waals surface area (Å²) in [6, 6.07) is 7.86. The fourth-order valence-corrected chi connectivity index (χ4v) is 29.4. The van der Waals surface area contributed by atoms with Crippen molar-refractivity contribution in [3.05, 3.63) is 185 Å². The number of fused-ring (bicyclic) bond motifs is 15. The van der Waals surface area contributed by atoms with E-state index in [1.165, 1.54) is 18.2 Å². The number of ether oxygens (including phenoxy) is 6. The summed E-state index contributed by atoms with van der Waals surface area (Å²) in [5, 5.41) is 46.3. The number of nitrogens with zero attached hydrogens (tertiary/aromatic N) is 6. The van der Waals surface area contributed by atoms with Crippen LogP contribution in [0.15, 0.2) is 50.8 Å². The van der Waals surface area contributed by atoms with Gasteiger partial charge < -0.3 is 73.4 Å². The number of pyridine rings is 6. The van der Waals surface area contributed by atoms with Crippen molar-refractivity contribution in [1.29, 1.82) is 0 Å². The summed E-state index contributed by atoms with van der Waals surface area (Å²) >= 11 is 0. The van der Waals surface area contributed by atoms with E-state index in [9.17, 15) is 58.5 Å². The average molecular weight is 1950 g/mol. The van der Waals surface area contributed by atoms with Crippen molar-refractivity contribution in [2.75, 3.05) is 18.8 Å². The highest BCUT2D eigenvalue weighted by atomic mass is 33.1. The Balaban J connectivity index is 0.000000129. The fraction of sp³-hybridized carbons (Fsp3) is 0.510. The maximum atomic E-state index is 15.2. The second-order valence-electron chi connectivity index (χ2n) is 36.9. The summed E-state index contributed by atoms with van der Waals surface area (Å²) in [6.07, 6.45) is 21.6. The van der Waals surface area contributed by atoms with E-state index < -0.39 is 71.1 Å². The summed E-state index contributed by atoms with van der Waals surface area (Å²) in [5.74, 6) is -3.47. The Morgan fingerprint density at radius 1 is 0.403 bits per heavy atom. The van der Waals surface area contributed by atoms with Crippen molar-refractivity contribution in [1.82, 2.24) is 44.6 Å². The quantitative estimate of drug-likeness (QED) is 0.0240. The molecule has 36 heteroatoms. The number of amides is 3. The van der Waals surface area contributed by atoms with Crippen molar-refractivity contribution < 1.29 is 85.7 Å². The molecule has 0 radical (unpaired) electrons. The maximum absolute atomic E-state index is 15.2. The van der Waals surface area contributed by atoms with Crippen LogP contribution in [0.5, 0.6) is 0 Å². The van der Waals surface area contributed by atoms with Gasteiger partial charge in [-0.05, 0) is 223 Å². The molecule has 3 fully saturated rings. The largest absolute Gasteiger partial charge is 0.458 e. The monoisotopic (exact) mass is 1950 g/mol. The van der Waals surface area contributed by atoms with Crippen molar-refractivity contribution in [3.63, 3.8) is 0 Å². The van der Waals surface area contributed by atoms with E-state index in [0.717, 1.165) is 156 Å². The number of esters is 3. The molecule has 0 unspecified atom stereocenters. The first-order valence-electron chi connectivity index (χ1n) is 46.4. The lowest BCUT2D eigenvalue weighted by atomic mass is 9.81. The van der Waals surface area contributed by atoms with Gasteiger partial charge in [0.2, 0.25) is 0 Å². The minimum absolute atomic E-state index is 0.0320. The van der Waals surface area contributed by atoms with Crippen molar-refractivity contribution in [2.45, 2.75) is 298 Å². The third kappa shape index (κ3) is 15.9. The molecular formula is C98H106F3N9O18S6. The number of rotatable bonds is 15. The van der Waals surface area contributed by atoms with E-state index in [2.05, 4.69) is 16.0 Å². The number of aromatic nitrogens is 6. The van der Waals surface area contributed by atoms with E-state index in [1.807, 2.05) is 18.8 Å². The maximum Gasteiger partial charge on any atom is 0.407 e. The summed E-state index contributed by atoms with van der Waals surface area (Å²) in [7, 11) is 10.3. The number of hydrogen-bond donors (Lipinski definition) is 6. The van der Waals surface area contributed by atoms with Gasteiger partial charge in [-0.15, -0.1) is 0 Å². The van der Waals surface area contributed by atoms with Crippen LogP contribution >= 0.6 is 64.8 Å². The number of hydrogen-bond acceptors (Lipinski definition) is 27. The molecule has 9 aromatic rings. The zero-order valence-electron chi connectivity index (χ0n) is 75.9. The van der Waals surface area contributed by atoms with Crippen molar-refractivity contribution >= 4 is 134 Å². The zero-order valence-corrected chi connectivity index (χ0v) is 80.8. The minimum Gasteiger partial charge on any atom is -0.458 e. The van der Waals surface area contributed by atoms with Gasteiger partial charge in [-0.2, -0.15) is 0 Å². The Kier molecular flexibility index (Phi) is 26.0. The van der Waals surface area contributed by atoms with Gasteiger partial charge in [0.15, 0.2) is 16.8 Å². The number of benzene rings is 3. The van der Waals surface area contributed by atoms with E-state index in [1.54, 1.807) is 138 Å². The Morgan fingerprint density at radius 2 is 0.672 bits per heavy atom. The van der Waals surface area contributed by atoms with Crippen LogP contribution in [0.1, 0.15) is 267 Å². The van der Waals surface area contributed by atoms with Crippen LogP contribution in [0.3, 0.4) is 0 Å². The van der Waals surface area contributed by atoms with E-state index >= 15 is 13.2 Å². The highest BCUT2D eigenvalue weighted by Crippen LogP contribution is 2.53. The number of carbonyl (C=O) groups is 6. The van der Waals surface area contributed by atoms with Crippen LogP contribution in [0.25, 0.3) is 66.9 Å². The van der Waals surface area contributed by atoms with E-state index in [-0.39, 0.29) is 160 Å². The number of aryl methyl sites for hydroxylation is 3. The molecule has 6 aromatic heterocycles. The van der Waals surface area contributed by atoms with E-state index in [4.69, 9.17) is 43.4 Å². The number of nitrogens with one attached hydrogen (secondary N) is 3. The van der Waals surface area contributed by atoms with Gasteiger partial charge >= 0.3 is 36.2 Å². The number of aliphatic hydroxyl groups is 3. The Bertz CT molecular complexity index is 6390.